The number of carbonyl (C=O) groups excluding carboxylic acids is 1. The summed E-state index contributed by atoms with van der Waals surface area (Å²) in [5.41, 5.74) is 6.14. The summed E-state index contributed by atoms with van der Waals surface area (Å²) in [4.78, 5) is 21.2. The molecule has 102 valence electrons. The Bertz CT molecular complexity index is 701. The molecule has 0 spiro atoms. The van der Waals surface area contributed by atoms with Crippen molar-refractivity contribution in [3.8, 4) is 11.3 Å². The fraction of sp³-hybridized carbons (Fsp3) is 0.0714. The van der Waals surface area contributed by atoms with E-state index in [0.29, 0.717) is 17.1 Å². The van der Waals surface area contributed by atoms with Crippen LogP contribution in [-0.4, -0.2) is 10.8 Å². The molecule has 1 heterocycles. The number of nitro groups is 1. The average Bonchev–Trinajstić information content (AvgIpc) is 2.84. The molecule has 0 fully saturated rings. The first-order valence-electron chi connectivity index (χ1n) is 5.80. The molecule has 0 aliphatic carbocycles. The van der Waals surface area contributed by atoms with Gasteiger partial charge >= 0.3 is 0 Å². The summed E-state index contributed by atoms with van der Waals surface area (Å²) < 4.78 is 5.45. The van der Waals surface area contributed by atoms with Gasteiger partial charge < -0.3 is 10.2 Å². The largest absolute Gasteiger partial charge is 0.456 e. The van der Waals surface area contributed by atoms with Crippen LogP contribution >= 0.6 is 0 Å². The molecule has 1 aromatic carbocycles. The zero-order valence-electron chi connectivity index (χ0n) is 10.7. The van der Waals surface area contributed by atoms with Crippen LogP contribution in [0.25, 0.3) is 17.4 Å². The fourth-order valence-corrected chi connectivity index (χ4v) is 1.75. The van der Waals surface area contributed by atoms with Gasteiger partial charge in [0.25, 0.3) is 5.69 Å². The molecule has 0 aliphatic heterocycles. The lowest BCUT2D eigenvalue weighted by atomic mass is 10.1. The Hall–Kier alpha value is -2.89. The van der Waals surface area contributed by atoms with E-state index in [1.807, 2.05) is 0 Å². The van der Waals surface area contributed by atoms with Gasteiger partial charge in [0.2, 0.25) is 5.91 Å². The first-order valence-corrected chi connectivity index (χ1v) is 5.80. The lowest BCUT2D eigenvalue weighted by Crippen LogP contribution is -2.04. The lowest BCUT2D eigenvalue weighted by Gasteiger charge is -2.00. The number of nitrogens with zero attached hydrogens (tertiary/aromatic N) is 1. The van der Waals surface area contributed by atoms with Crippen molar-refractivity contribution < 1.29 is 14.1 Å². The molecule has 1 aromatic heterocycles. The zero-order chi connectivity index (χ0) is 14.7. The number of carbonyl (C=O) groups is 1. The van der Waals surface area contributed by atoms with Crippen LogP contribution in [0.15, 0.2) is 40.8 Å². The van der Waals surface area contributed by atoms with Gasteiger partial charge in [0, 0.05) is 12.1 Å². The Balaban J connectivity index is 2.42. The van der Waals surface area contributed by atoms with Gasteiger partial charge in [0.15, 0.2) is 0 Å². The first kappa shape index (κ1) is 13.5. The topological polar surface area (TPSA) is 99.4 Å². The third kappa shape index (κ3) is 2.92. The van der Waals surface area contributed by atoms with Gasteiger partial charge in [-0.3, -0.25) is 14.9 Å². The van der Waals surface area contributed by atoms with E-state index >= 15 is 0 Å². The van der Waals surface area contributed by atoms with Crippen LogP contribution in [0.3, 0.4) is 0 Å². The van der Waals surface area contributed by atoms with Crippen LogP contribution in [-0.2, 0) is 4.79 Å². The van der Waals surface area contributed by atoms with Crippen molar-refractivity contribution in [2.45, 2.75) is 6.92 Å². The molecular formula is C14H12N2O4. The van der Waals surface area contributed by atoms with E-state index in [2.05, 4.69) is 0 Å². The lowest BCUT2D eigenvalue weighted by molar-refractivity contribution is -0.384. The van der Waals surface area contributed by atoms with Gasteiger partial charge in [-0.05, 0) is 36.8 Å². The second-order valence-electron chi connectivity index (χ2n) is 4.22. The summed E-state index contributed by atoms with van der Waals surface area (Å²) in [6.07, 6.45) is 2.57. The SMILES string of the molecule is Cc1ccc(-c2ccc(/C=C/C(N)=O)o2)c([N+](=O)[O-])c1. The number of rotatable bonds is 4. The highest BCUT2D eigenvalue weighted by molar-refractivity contribution is 5.90. The second kappa shape index (κ2) is 5.40. The highest BCUT2D eigenvalue weighted by Crippen LogP contribution is 2.32. The molecule has 0 saturated carbocycles. The maximum Gasteiger partial charge on any atom is 0.280 e. The minimum Gasteiger partial charge on any atom is -0.456 e. The summed E-state index contributed by atoms with van der Waals surface area (Å²) in [5.74, 6) is 0.166. The Labute approximate surface area is 114 Å². The Morgan fingerprint density at radius 2 is 2.10 bits per heavy atom. The molecule has 0 bridgehead atoms. The van der Waals surface area contributed by atoms with Crippen molar-refractivity contribution in [2.24, 2.45) is 5.73 Å². The van der Waals surface area contributed by atoms with Crippen LogP contribution in [0.5, 0.6) is 0 Å². The maximum atomic E-state index is 11.1. The normalized spacial score (nSPS) is 10.8. The predicted molar refractivity (Wildman–Crippen MR) is 73.8 cm³/mol. The zero-order valence-corrected chi connectivity index (χ0v) is 10.7. The molecule has 2 rings (SSSR count). The van der Waals surface area contributed by atoms with E-state index in [4.69, 9.17) is 10.2 Å². The molecule has 1 amide bonds. The molecular weight excluding hydrogens is 260 g/mol. The molecule has 6 nitrogen and oxygen atoms in total. The summed E-state index contributed by atoms with van der Waals surface area (Å²) >= 11 is 0. The number of furan rings is 1. The quantitative estimate of drug-likeness (QED) is 0.525. The molecule has 0 aliphatic rings. The van der Waals surface area contributed by atoms with Crippen LogP contribution in [0.4, 0.5) is 5.69 Å². The minimum absolute atomic E-state index is 0.0234. The van der Waals surface area contributed by atoms with Crippen LogP contribution in [0.1, 0.15) is 11.3 Å². The van der Waals surface area contributed by atoms with E-state index in [0.717, 1.165) is 11.6 Å². The summed E-state index contributed by atoms with van der Waals surface area (Å²) in [6.45, 7) is 1.78. The maximum absolute atomic E-state index is 11.1. The van der Waals surface area contributed by atoms with Gasteiger partial charge in [-0.1, -0.05) is 6.07 Å². The van der Waals surface area contributed by atoms with Crippen molar-refractivity contribution in [3.63, 3.8) is 0 Å². The molecule has 20 heavy (non-hydrogen) atoms. The van der Waals surface area contributed by atoms with E-state index in [9.17, 15) is 14.9 Å². The number of primary amides is 1. The summed E-state index contributed by atoms with van der Waals surface area (Å²) in [5, 5.41) is 11.1. The Kier molecular flexibility index (Phi) is 3.65. The molecule has 0 radical (unpaired) electrons. The fourth-order valence-electron chi connectivity index (χ4n) is 1.75. The standard InChI is InChI=1S/C14H12N2O4/c1-9-2-5-11(12(8-9)16(18)19)13-6-3-10(20-13)4-7-14(15)17/h2-8H,1H3,(H2,15,17)/b7-4+. The third-order valence-corrected chi connectivity index (χ3v) is 2.65. The van der Waals surface area contributed by atoms with E-state index in [-0.39, 0.29) is 5.69 Å². The Morgan fingerprint density at radius 3 is 2.75 bits per heavy atom. The molecule has 2 aromatic rings. The predicted octanol–water partition coefficient (Wildman–Crippen LogP) is 2.66. The van der Waals surface area contributed by atoms with Crippen LogP contribution in [0.2, 0.25) is 0 Å². The van der Waals surface area contributed by atoms with Gasteiger partial charge in [-0.15, -0.1) is 0 Å². The van der Waals surface area contributed by atoms with Crippen molar-refractivity contribution in [1.29, 1.82) is 0 Å². The van der Waals surface area contributed by atoms with Crippen molar-refractivity contribution in [1.82, 2.24) is 0 Å². The van der Waals surface area contributed by atoms with Crippen LogP contribution < -0.4 is 5.73 Å². The molecule has 0 saturated heterocycles. The number of hydrogen-bond acceptors (Lipinski definition) is 4. The van der Waals surface area contributed by atoms with E-state index < -0.39 is 10.8 Å². The van der Waals surface area contributed by atoms with Crippen molar-refractivity contribution in [2.75, 3.05) is 0 Å². The van der Waals surface area contributed by atoms with Crippen LogP contribution in [0, 0.1) is 17.0 Å². The number of amides is 1. The second-order valence-corrected chi connectivity index (χ2v) is 4.22. The average molecular weight is 272 g/mol. The summed E-state index contributed by atoms with van der Waals surface area (Å²) in [6, 6.07) is 8.10. The molecule has 6 heteroatoms. The number of aryl methyl sites for hydroxylation is 1. The van der Waals surface area contributed by atoms with Crippen molar-refractivity contribution in [3.05, 3.63) is 57.8 Å². The van der Waals surface area contributed by atoms with Gasteiger partial charge in [-0.2, -0.15) is 0 Å². The molecule has 0 unspecified atom stereocenters. The molecule has 0 atom stereocenters. The highest BCUT2D eigenvalue weighted by Gasteiger charge is 2.17. The third-order valence-electron chi connectivity index (χ3n) is 2.65. The number of nitrogens with two attached hydrogens (primary N) is 1. The summed E-state index contributed by atoms with van der Waals surface area (Å²) in [7, 11) is 0. The van der Waals surface area contributed by atoms with E-state index in [1.54, 1.807) is 31.2 Å². The number of nitro benzene ring substituents is 1. The van der Waals surface area contributed by atoms with Gasteiger partial charge in [-0.25, -0.2) is 0 Å². The van der Waals surface area contributed by atoms with E-state index in [1.165, 1.54) is 12.1 Å². The van der Waals surface area contributed by atoms with Gasteiger partial charge in [0.1, 0.15) is 11.5 Å². The molecule has 2 N–H and O–H groups in total. The smallest absolute Gasteiger partial charge is 0.280 e. The van der Waals surface area contributed by atoms with Crippen molar-refractivity contribution >= 4 is 17.7 Å². The number of hydrogen-bond donors (Lipinski definition) is 1. The van der Waals surface area contributed by atoms with Gasteiger partial charge in [0.05, 0.1) is 10.5 Å². The highest BCUT2D eigenvalue weighted by atomic mass is 16.6. The number of benzene rings is 1. The minimum atomic E-state index is -0.593. The monoisotopic (exact) mass is 272 g/mol. The Morgan fingerprint density at radius 1 is 1.35 bits per heavy atom. The first-order chi connectivity index (χ1) is 9.47.